The summed E-state index contributed by atoms with van der Waals surface area (Å²) in [7, 11) is 1.94. The molecule has 2 aromatic heterocycles. The van der Waals surface area contributed by atoms with Crippen molar-refractivity contribution in [1.82, 2.24) is 19.5 Å². The fourth-order valence-electron chi connectivity index (χ4n) is 1.21. The van der Waals surface area contributed by atoms with E-state index in [1.165, 1.54) is 6.33 Å². The van der Waals surface area contributed by atoms with Gasteiger partial charge in [0.1, 0.15) is 23.8 Å². The van der Waals surface area contributed by atoms with Crippen molar-refractivity contribution >= 4 is 11.6 Å². The largest absolute Gasteiger partial charge is 0.384 e. The van der Waals surface area contributed by atoms with Gasteiger partial charge in [0.2, 0.25) is 0 Å². The third kappa shape index (κ3) is 2.22. The Labute approximate surface area is 87.2 Å². The molecule has 0 atom stereocenters. The zero-order chi connectivity index (χ0) is 10.7. The minimum absolute atomic E-state index is 0.451. The molecule has 15 heavy (non-hydrogen) atoms. The van der Waals surface area contributed by atoms with Gasteiger partial charge < -0.3 is 15.6 Å². The molecule has 0 saturated heterocycles. The highest BCUT2D eigenvalue weighted by molar-refractivity contribution is 5.43. The van der Waals surface area contributed by atoms with Gasteiger partial charge in [-0.2, -0.15) is 0 Å². The van der Waals surface area contributed by atoms with E-state index in [0.717, 1.165) is 5.82 Å². The monoisotopic (exact) mass is 204 g/mol. The van der Waals surface area contributed by atoms with Gasteiger partial charge in [0.25, 0.3) is 0 Å². The molecular formula is C9H12N6. The number of nitrogen functional groups attached to an aromatic ring is 1. The number of imidazole rings is 1. The van der Waals surface area contributed by atoms with Crippen LogP contribution in [0.5, 0.6) is 0 Å². The summed E-state index contributed by atoms with van der Waals surface area (Å²) in [6, 6.07) is 1.68. The number of rotatable bonds is 3. The SMILES string of the molecule is Cn1ccnc1CNc1cc(N)ncn1. The molecule has 0 saturated carbocycles. The molecule has 0 aliphatic rings. The molecule has 6 heteroatoms. The standard InChI is InChI=1S/C9H12N6/c1-15-3-2-11-9(15)5-12-8-4-7(10)13-6-14-8/h2-4,6H,5H2,1H3,(H3,10,12,13,14). The third-order valence-corrected chi connectivity index (χ3v) is 2.04. The molecule has 0 radical (unpaired) electrons. The van der Waals surface area contributed by atoms with Crippen molar-refractivity contribution in [2.45, 2.75) is 6.54 Å². The summed E-state index contributed by atoms with van der Waals surface area (Å²) < 4.78 is 1.94. The van der Waals surface area contributed by atoms with Crippen LogP contribution in [0, 0.1) is 0 Å². The van der Waals surface area contributed by atoms with Gasteiger partial charge in [-0.1, -0.05) is 0 Å². The Balaban J connectivity index is 2.02. The summed E-state index contributed by atoms with van der Waals surface area (Å²) in [6.45, 7) is 0.611. The minimum Gasteiger partial charge on any atom is -0.384 e. The average molecular weight is 204 g/mol. The number of nitrogens with one attached hydrogen (secondary N) is 1. The minimum atomic E-state index is 0.451. The van der Waals surface area contributed by atoms with Crippen LogP contribution in [-0.2, 0) is 13.6 Å². The predicted octanol–water partition coefficient (Wildman–Crippen LogP) is 0.404. The van der Waals surface area contributed by atoms with Crippen molar-refractivity contribution in [2.75, 3.05) is 11.1 Å². The van der Waals surface area contributed by atoms with Crippen LogP contribution >= 0.6 is 0 Å². The highest BCUT2D eigenvalue weighted by Crippen LogP contribution is 2.06. The number of anilines is 2. The molecule has 0 aromatic carbocycles. The van der Waals surface area contributed by atoms with Crippen molar-refractivity contribution in [3.63, 3.8) is 0 Å². The lowest BCUT2D eigenvalue weighted by molar-refractivity contribution is 0.810. The van der Waals surface area contributed by atoms with Gasteiger partial charge in [-0.3, -0.25) is 0 Å². The number of nitrogens with two attached hydrogens (primary N) is 1. The first-order valence-electron chi connectivity index (χ1n) is 4.53. The van der Waals surface area contributed by atoms with Crippen LogP contribution in [0.2, 0.25) is 0 Å². The molecular weight excluding hydrogens is 192 g/mol. The maximum Gasteiger partial charge on any atom is 0.131 e. The highest BCUT2D eigenvalue weighted by atomic mass is 15.1. The lowest BCUT2D eigenvalue weighted by Gasteiger charge is -2.05. The topological polar surface area (TPSA) is 81.7 Å². The van der Waals surface area contributed by atoms with Crippen LogP contribution in [0.3, 0.4) is 0 Å². The van der Waals surface area contributed by atoms with Crippen molar-refractivity contribution < 1.29 is 0 Å². The molecule has 2 rings (SSSR count). The summed E-state index contributed by atoms with van der Waals surface area (Å²) in [6.07, 6.45) is 5.08. The number of hydrogen-bond acceptors (Lipinski definition) is 5. The molecule has 0 unspecified atom stereocenters. The first-order chi connectivity index (χ1) is 7.25. The summed E-state index contributed by atoms with van der Waals surface area (Å²) in [5.41, 5.74) is 5.53. The van der Waals surface area contributed by atoms with Crippen LogP contribution < -0.4 is 11.1 Å². The predicted molar refractivity (Wildman–Crippen MR) is 57.0 cm³/mol. The first-order valence-corrected chi connectivity index (χ1v) is 4.53. The van der Waals surface area contributed by atoms with E-state index in [4.69, 9.17) is 5.73 Å². The fourth-order valence-corrected chi connectivity index (χ4v) is 1.21. The fraction of sp³-hybridized carbons (Fsp3) is 0.222. The van der Waals surface area contributed by atoms with Crippen molar-refractivity contribution in [3.8, 4) is 0 Å². The van der Waals surface area contributed by atoms with E-state index < -0.39 is 0 Å². The average Bonchev–Trinajstić information content (AvgIpc) is 2.61. The van der Waals surface area contributed by atoms with Gasteiger partial charge in [-0.15, -0.1) is 0 Å². The normalized spacial score (nSPS) is 10.2. The van der Waals surface area contributed by atoms with E-state index >= 15 is 0 Å². The second-order valence-electron chi connectivity index (χ2n) is 3.14. The quantitative estimate of drug-likeness (QED) is 0.756. The summed E-state index contributed by atoms with van der Waals surface area (Å²) in [5, 5.41) is 3.11. The number of hydrogen-bond donors (Lipinski definition) is 2. The van der Waals surface area contributed by atoms with Crippen LogP contribution in [0.25, 0.3) is 0 Å². The molecule has 0 aliphatic heterocycles. The van der Waals surface area contributed by atoms with E-state index in [2.05, 4.69) is 20.3 Å². The molecule has 0 aliphatic carbocycles. The Morgan fingerprint density at radius 2 is 2.27 bits per heavy atom. The smallest absolute Gasteiger partial charge is 0.131 e. The molecule has 0 bridgehead atoms. The Morgan fingerprint density at radius 3 is 2.93 bits per heavy atom. The highest BCUT2D eigenvalue weighted by Gasteiger charge is 1.99. The third-order valence-electron chi connectivity index (χ3n) is 2.04. The Hall–Kier alpha value is -2.11. The maximum absolute atomic E-state index is 5.53. The van der Waals surface area contributed by atoms with Gasteiger partial charge >= 0.3 is 0 Å². The van der Waals surface area contributed by atoms with Crippen LogP contribution in [0.4, 0.5) is 11.6 Å². The molecule has 3 N–H and O–H groups in total. The maximum atomic E-state index is 5.53. The van der Waals surface area contributed by atoms with Gasteiger partial charge in [0.05, 0.1) is 6.54 Å². The second-order valence-corrected chi connectivity index (χ2v) is 3.14. The van der Waals surface area contributed by atoms with E-state index in [0.29, 0.717) is 18.2 Å². The van der Waals surface area contributed by atoms with Crippen LogP contribution in [0.1, 0.15) is 5.82 Å². The van der Waals surface area contributed by atoms with E-state index in [9.17, 15) is 0 Å². The second kappa shape index (κ2) is 3.95. The zero-order valence-electron chi connectivity index (χ0n) is 8.38. The molecule has 6 nitrogen and oxygen atoms in total. The van der Waals surface area contributed by atoms with Gasteiger partial charge in [0.15, 0.2) is 0 Å². The molecule has 2 aromatic rings. The van der Waals surface area contributed by atoms with E-state index in [-0.39, 0.29) is 0 Å². The molecule has 0 spiro atoms. The number of nitrogens with zero attached hydrogens (tertiary/aromatic N) is 4. The Bertz CT molecular complexity index is 449. The Kier molecular flexibility index (Phi) is 2.49. The zero-order valence-corrected chi connectivity index (χ0v) is 8.38. The lowest BCUT2D eigenvalue weighted by atomic mass is 10.5. The first kappa shape index (κ1) is 9.45. The molecule has 0 fully saturated rings. The number of aryl methyl sites for hydroxylation is 1. The van der Waals surface area contributed by atoms with Crippen LogP contribution in [0.15, 0.2) is 24.8 Å². The molecule has 2 heterocycles. The Morgan fingerprint density at radius 1 is 1.40 bits per heavy atom. The van der Waals surface area contributed by atoms with Gasteiger partial charge in [-0.25, -0.2) is 15.0 Å². The van der Waals surface area contributed by atoms with Crippen molar-refractivity contribution in [1.29, 1.82) is 0 Å². The summed E-state index contributed by atoms with van der Waals surface area (Å²) >= 11 is 0. The lowest BCUT2D eigenvalue weighted by Crippen LogP contribution is -2.07. The summed E-state index contributed by atoms with van der Waals surface area (Å²) in [4.78, 5) is 12.0. The summed E-state index contributed by atoms with van der Waals surface area (Å²) in [5.74, 6) is 2.09. The molecule has 0 amide bonds. The van der Waals surface area contributed by atoms with Crippen molar-refractivity contribution in [2.24, 2.45) is 7.05 Å². The number of aromatic nitrogens is 4. The van der Waals surface area contributed by atoms with Crippen LogP contribution in [-0.4, -0.2) is 19.5 Å². The van der Waals surface area contributed by atoms with E-state index in [1.54, 1.807) is 12.3 Å². The van der Waals surface area contributed by atoms with Gasteiger partial charge in [0, 0.05) is 25.5 Å². The van der Waals surface area contributed by atoms with Crippen molar-refractivity contribution in [3.05, 3.63) is 30.6 Å². The van der Waals surface area contributed by atoms with Gasteiger partial charge in [-0.05, 0) is 0 Å². The molecule has 78 valence electrons. The van der Waals surface area contributed by atoms with E-state index in [1.807, 2.05) is 17.8 Å².